The van der Waals surface area contributed by atoms with Crippen LogP contribution in [0.15, 0.2) is 30.6 Å². The summed E-state index contributed by atoms with van der Waals surface area (Å²) >= 11 is 0. The van der Waals surface area contributed by atoms with Gasteiger partial charge in [-0.05, 0) is 51.9 Å². The average molecular weight is 537 g/mol. The summed E-state index contributed by atoms with van der Waals surface area (Å²) in [5, 5.41) is 4.30. The van der Waals surface area contributed by atoms with E-state index in [1.807, 2.05) is 51.0 Å². The summed E-state index contributed by atoms with van der Waals surface area (Å²) in [4.78, 5) is 41.5. The van der Waals surface area contributed by atoms with Crippen molar-refractivity contribution in [2.75, 3.05) is 50.5 Å². The summed E-state index contributed by atoms with van der Waals surface area (Å²) < 4.78 is 2.37. The number of hydrogen-bond acceptors (Lipinski definition) is 7. The molecular weight excluding hydrogens is 492 g/mol. The molecule has 3 aromatic heterocycles. The Labute approximate surface area is 232 Å². The van der Waals surface area contributed by atoms with Gasteiger partial charge in [0.2, 0.25) is 18.3 Å². The van der Waals surface area contributed by atoms with Crippen molar-refractivity contribution >= 4 is 40.8 Å². The monoisotopic (exact) mass is 536 g/mol. The van der Waals surface area contributed by atoms with E-state index in [9.17, 15) is 9.59 Å². The van der Waals surface area contributed by atoms with Gasteiger partial charge in [-0.1, -0.05) is 26.7 Å². The average Bonchev–Trinajstić information content (AvgIpc) is 3.56. The summed E-state index contributed by atoms with van der Waals surface area (Å²) in [6.07, 6.45) is 9.96. The van der Waals surface area contributed by atoms with Gasteiger partial charge in [0.25, 0.3) is 0 Å². The van der Waals surface area contributed by atoms with E-state index in [1.165, 1.54) is 31.4 Å². The Bertz CT molecular complexity index is 1200. The molecule has 0 radical (unpaired) electrons. The zero-order chi connectivity index (χ0) is 28.4. The molecule has 0 spiro atoms. The number of aromatic nitrogens is 4. The van der Waals surface area contributed by atoms with Gasteiger partial charge < -0.3 is 24.6 Å². The zero-order valence-corrected chi connectivity index (χ0v) is 24.4. The molecule has 2 aliphatic rings. The van der Waals surface area contributed by atoms with Crippen LogP contribution in [0.25, 0.3) is 11.0 Å². The van der Waals surface area contributed by atoms with Crippen LogP contribution in [0.3, 0.4) is 0 Å². The van der Waals surface area contributed by atoms with E-state index in [4.69, 9.17) is 4.98 Å². The van der Waals surface area contributed by atoms with Gasteiger partial charge in [0.05, 0.1) is 11.9 Å². The van der Waals surface area contributed by atoms with Crippen LogP contribution >= 0.6 is 0 Å². The lowest BCUT2D eigenvalue weighted by Gasteiger charge is -2.20. The highest BCUT2D eigenvalue weighted by atomic mass is 16.2. The van der Waals surface area contributed by atoms with Crippen LogP contribution in [-0.2, 0) is 9.59 Å². The van der Waals surface area contributed by atoms with Crippen molar-refractivity contribution in [3.63, 3.8) is 0 Å². The number of hydrogen-bond donors (Lipinski definition) is 1. The minimum absolute atomic E-state index is 0.142. The van der Waals surface area contributed by atoms with Crippen molar-refractivity contribution in [1.29, 1.82) is 0 Å². The molecule has 4 heterocycles. The normalized spacial score (nSPS) is 16.2. The van der Waals surface area contributed by atoms with Gasteiger partial charge in [-0.2, -0.15) is 4.98 Å². The fourth-order valence-electron chi connectivity index (χ4n) is 4.83. The molecule has 10 heteroatoms. The predicted octanol–water partition coefficient (Wildman–Crippen LogP) is 4.78. The Kier molecular flexibility index (Phi) is 11.2. The minimum atomic E-state index is 0.142. The highest BCUT2D eigenvalue weighted by Gasteiger charge is 2.22. The van der Waals surface area contributed by atoms with E-state index in [0.29, 0.717) is 30.8 Å². The number of nitrogens with zero attached hydrogens (tertiary/aromatic N) is 7. The van der Waals surface area contributed by atoms with Gasteiger partial charge in [-0.25, -0.2) is 9.97 Å². The molecule has 10 nitrogen and oxygen atoms in total. The van der Waals surface area contributed by atoms with E-state index in [2.05, 4.69) is 37.7 Å². The van der Waals surface area contributed by atoms with Crippen molar-refractivity contribution in [2.45, 2.75) is 65.8 Å². The molecule has 212 valence electrons. The molecule has 0 atom stereocenters. The van der Waals surface area contributed by atoms with Crippen LogP contribution in [0.4, 0.5) is 17.5 Å². The maximum atomic E-state index is 12.4. The number of likely N-dealkylation sites (N-methyl/N-ethyl adjacent to an activating group) is 1. The molecule has 1 aliphatic heterocycles. The standard InChI is InChI=1S/C23H29N7O.C4H9NO.C2H6/c1-16-13-17-14-25-23(27-22(17)30(16)18-5-3-4-6-18)26-20-8-7-19(15-24-20)29-12-11-28(2)10-9-21(29)31;1-3-5(2)4-6;1-2/h7-8,13-15,18H,3-6,9-12H2,1-2H3,(H,24,25,26,27);4H,3H2,1-2H3;1-2H3. The molecule has 5 rings (SSSR count). The van der Waals surface area contributed by atoms with E-state index in [1.54, 1.807) is 18.1 Å². The van der Waals surface area contributed by atoms with Gasteiger partial charge in [-0.3, -0.25) is 9.59 Å². The quantitative estimate of drug-likeness (QED) is 0.453. The highest BCUT2D eigenvalue weighted by Crippen LogP contribution is 2.34. The number of carbonyl (C=O) groups excluding carboxylic acids is 2. The van der Waals surface area contributed by atoms with E-state index >= 15 is 0 Å². The SMILES string of the molecule is CC.CCN(C)C=O.Cc1cc2cnc(Nc3ccc(N4CCN(C)CCC4=O)cn3)nc2n1C1CCCC1. The second kappa shape index (κ2) is 14.6. The number of rotatable bonds is 6. The molecule has 0 unspecified atom stereocenters. The van der Waals surface area contributed by atoms with Crippen LogP contribution < -0.4 is 10.2 Å². The van der Waals surface area contributed by atoms with Crippen LogP contribution in [0.2, 0.25) is 0 Å². The second-order valence-corrected chi connectivity index (χ2v) is 9.87. The number of anilines is 3. The zero-order valence-electron chi connectivity index (χ0n) is 24.4. The third kappa shape index (κ3) is 7.75. The number of nitrogens with one attached hydrogen (secondary N) is 1. The van der Waals surface area contributed by atoms with Gasteiger partial charge >= 0.3 is 0 Å². The van der Waals surface area contributed by atoms with Crippen LogP contribution in [0, 0.1) is 6.92 Å². The number of aryl methyl sites for hydroxylation is 1. The number of fused-ring (bicyclic) bond motifs is 1. The lowest BCUT2D eigenvalue weighted by atomic mass is 10.2. The second-order valence-electron chi connectivity index (χ2n) is 9.87. The summed E-state index contributed by atoms with van der Waals surface area (Å²) in [6, 6.07) is 6.51. The first-order chi connectivity index (χ1) is 18.9. The van der Waals surface area contributed by atoms with Crippen LogP contribution in [0.5, 0.6) is 0 Å². The van der Waals surface area contributed by atoms with E-state index in [-0.39, 0.29) is 5.91 Å². The third-order valence-corrected chi connectivity index (χ3v) is 7.15. The van der Waals surface area contributed by atoms with E-state index in [0.717, 1.165) is 42.8 Å². The molecule has 2 amide bonds. The molecule has 1 saturated heterocycles. The summed E-state index contributed by atoms with van der Waals surface area (Å²) in [5.41, 5.74) is 3.05. The molecular formula is C29H44N8O2. The Balaban J connectivity index is 0.000000467. The number of pyridine rings is 1. The van der Waals surface area contributed by atoms with Crippen molar-refractivity contribution in [2.24, 2.45) is 0 Å². The molecule has 3 aromatic rings. The van der Waals surface area contributed by atoms with Gasteiger partial charge in [0.1, 0.15) is 11.5 Å². The minimum Gasteiger partial charge on any atom is -0.349 e. The van der Waals surface area contributed by atoms with Crippen molar-refractivity contribution in [3.8, 4) is 0 Å². The fraction of sp³-hybridized carbons (Fsp3) is 0.552. The maximum Gasteiger partial charge on any atom is 0.230 e. The Morgan fingerprint density at radius 2 is 1.85 bits per heavy atom. The Morgan fingerprint density at radius 3 is 2.46 bits per heavy atom. The summed E-state index contributed by atoms with van der Waals surface area (Å²) in [5.74, 6) is 1.35. The number of amides is 2. The summed E-state index contributed by atoms with van der Waals surface area (Å²) in [6.45, 7) is 11.2. The molecule has 1 N–H and O–H groups in total. The molecule has 0 aromatic carbocycles. The van der Waals surface area contributed by atoms with Gasteiger partial charge in [-0.15, -0.1) is 0 Å². The lowest BCUT2D eigenvalue weighted by Crippen LogP contribution is -2.32. The van der Waals surface area contributed by atoms with Crippen molar-refractivity contribution in [1.82, 2.24) is 29.3 Å². The Hall–Kier alpha value is -3.53. The molecule has 1 saturated carbocycles. The Morgan fingerprint density at radius 1 is 1.10 bits per heavy atom. The summed E-state index contributed by atoms with van der Waals surface area (Å²) in [7, 11) is 3.79. The molecule has 2 fully saturated rings. The molecule has 0 bridgehead atoms. The largest absolute Gasteiger partial charge is 0.349 e. The first kappa shape index (κ1) is 30.0. The topological polar surface area (TPSA) is 99.5 Å². The fourth-order valence-corrected chi connectivity index (χ4v) is 4.83. The smallest absolute Gasteiger partial charge is 0.230 e. The number of carbonyl (C=O) groups is 2. The van der Waals surface area contributed by atoms with Crippen LogP contribution in [0.1, 0.15) is 64.6 Å². The van der Waals surface area contributed by atoms with Gasteiger partial charge in [0, 0.05) is 63.0 Å². The van der Waals surface area contributed by atoms with Crippen molar-refractivity contribution < 1.29 is 9.59 Å². The maximum absolute atomic E-state index is 12.4. The van der Waals surface area contributed by atoms with Crippen LogP contribution in [-0.4, -0.2) is 81.9 Å². The molecule has 39 heavy (non-hydrogen) atoms. The van der Waals surface area contributed by atoms with Crippen molar-refractivity contribution in [3.05, 3.63) is 36.3 Å². The van der Waals surface area contributed by atoms with Gasteiger partial charge in [0.15, 0.2) is 0 Å². The first-order valence-electron chi connectivity index (χ1n) is 14.1. The van der Waals surface area contributed by atoms with E-state index < -0.39 is 0 Å². The molecule has 1 aliphatic carbocycles. The predicted molar refractivity (Wildman–Crippen MR) is 157 cm³/mol. The lowest BCUT2D eigenvalue weighted by molar-refractivity contribution is -0.118. The highest BCUT2D eigenvalue weighted by molar-refractivity contribution is 5.93. The third-order valence-electron chi connectivity index (χ3n) is 7.15. The first-order valence-corrected chi connectivity index (χ1v) is 14.1.